The number of para-hydroxylation sites is 1. The number of fused-ring (bicyclic) bond motifs is 3. The highest BCUT2D eigenvalue weighted by Crippen LogP contribution is 2.41. The van der Waals surface area contributed by atoms with Gasteiger partial charge in [0.15, 0.2) is 0 Å². The van der Waals surface area contributed by atoms with Crippen molar-refractivity contribution in [1.29, 1.82) is 0 Å². The molecule has 146 heavy (non-hydrogen) atoms. The number of H-pyrrole nitrogens is 3. The number of carbonyl (C=O) groups excluding carboxylic acids is 2. The molecule has 5 N–H and O–H groups in total. The lowest BCUT2D eigenvalue weighted by Gasteiger charge is -2.31. The Morgan fingerprint density at radius 3 is 1.27 bits per heavy atom. The number of nitrogens with zero attached hydrogens (tertiary/aromatic N) is 10. The minimum Gasteiger partial charge on any atom is -0.508 e. The Balaban J connectivity index is 0.000000328. The Kier molecular flexibility index (Phi) is 48.1. The van der Waals surface area contributed by atoms with Gasteiger partial charge in [0.25, 0.3) is 0 Å². The quantitative estimate of drug-likeness (QED) is 0.0964. The predicted octanol–water partition coefficient (Wildman–Crippen LogP) is 33.2. The second kappa shape index (κ2) is 55.4. The van der Waals surface area contributed by atoms with E-state index in [1.807, 2.05) is 72.3 Å². The van der Waals surface area contributed by atoms with Crippen LogP contribution >= 0.6 is 11.3 Å². The molecule has 17 nitrogen and oxygen atoms in total. The second-order valence-corrected chi connectivity index (χ2v) is 52.8. The molecule has 0 atom stereocenters. The third-order valence-corrected chi connectivity index (χ3v) is 24.6. The van der Waals surface area contributed by atoms with E-state index in [-0.39, 0.29) is 65.6 Å². The molecule has 0 saturated carbocycles. The van der Waals surface area contributed by atoms with Crippen LogP contribution in [0.2, 0.25) is 0 Å². The Hall–Kier alpha value is -11.6. The molecule has 17 rings (SSSR count). The number of hydrogen-bond acceptors (Lipinski definition) is 13. The summed E-state index contributed by atoms with van der Waals surface area (Å²) >= 11 is 1.77. The van der Waals surface area contributed by atoms with Crippen LogP contribution in [0.3, 0.4) is 0 Å². The number of allylic oxidation sites excluding steroid dienone is 4. The largest absolute Gasteiger partial charge is 0.508 e. The number of aromatic amines is 3. The second-order valence-electron chi connectivity index (χ2n) is 52.0. The maximum absolute atomic E-state index is 11.1. The SMILES string of the molecule is CC(C)(C)C1=CCN=C1.CC(C)(C)C1=CCc2ccccc21.CC(C)(C)C1=NCC=C1.CC(C)(C)N1CCCC1=O.CC(C)(C)c1cc2ccccc2[nH]1.CC(C)(C)c1ccc(O)cc1.CC(C)(C)c1ccc2c(c1)NC(=O)C2.CC(C)(C)c1ccccc1.CC(C)(C)c1ccccn1.CC(C)(C)c1cccnc1.CC(C)(C)c1ccncc1.CC(C)(C)c1ccsc1.CC(C)(C)c1ncn[nH]1.CC(C)(C)c1ncn[nH]1. The van der Waals surface area contributed by atoms with Gasteiger partial charge in [0.05, 0.1) is 19.5 Å². The van der Waals surface area contributed by atoms with Gasteiger partial charge in [-0.05, 0) is 227 Å². The highest BCUT2D eigenvalue weighted by Gasteiger charge is 2.31. The van der Waals surface area contributed by atoms with E-state index >= 15 is 0 Å². The molecule has 1 aliphatic carbocycles. The van der Waals surface area contributed by atoms with Gasteiger partial charge in [-0.3, -0.25) is 44.7 Å². The molecule has 5 aliphatic rings. The number of benzene rings is 5. The Morgan fingerprint density at radius 2 is 0.918 bits per heavy atom. The van der Waals surface area contributed by atoms with E-state index in [1.54, 1.807) is 29.7 Å². The topological polar surface area (TPSA) is 232 Å². The van der Waals surface area contributed by atoms with Crippen LogP contribution in [-0.4, -0.2) is 109 Å². The first kappa shape index (κ1) is 127. The van der Waals surface area contributed by atoms with E-state index < -0.39 is 0 Å². The first-order valence-electron chi connectivity index (χ1n) is 51.9. The number of anilines is 1. The molecule has 18 heteroatoms. The van der Waals surface area contributed by atoms with E-state index in [0.29, 0.717) is 34.3 Å². The standard InChI is InChI=1S/C13H16.C12H15NO.C12H15N.C10H14O.C10H14.3C9H13N.C8H15NO.2C8H13N.C8H12S.2C6H11N3/c1-13(2,3)12-9-8-10-6-4-5-7-11(10)12;1-12(2,3)9-5-4-8-6-11(14)13-10(8)7-9;1-12(2,3)11-8-9-6-4-5-7-10(9)13-11;1-10(2,3)8-4-6-9(11)7-5-8;1-10(2,3)9-7-5-4-6-8-9;1-9(2,3)8-4-6-10-7-5-8;1-9(2,3)8-5-4-6-10-7-8;1-9(2,3)8-6-4-5-7-10-8;1-8(2,3)9-6-4-5-7(9)10;1-8(2,3)7-4-5-9-6-7;1-8(2,3)7-5-4-6-9-7;1-8(2,3)7-4-5-9-6-7;2*1-6(2,3)5-7-4-8-9-5/h4-7,9H,8H2,1-3H3;4-5,7H,6H2,1-3H3,(H,13,14);4-8,13H,1-3H3;4-7,11H,1-3H3;4-8H,1-3H3;3*4-7H,1-3H3;4-6H2,1-3H3;4,6H,5H2,1-3H3;4-5H,6H2,1-3H3;4-6H,1-3H3;2*4H,1-3H3,(H,7,8,9). The molecular formula is C128H188N14O3S. The van der Waals surface area contributed by atoms with Crippen molar-refractivity contribution in [2.45, 2.75) is 376 Å². The molecule has 794 valence electrons. The number of hydrogen-bond donors (Lipinski definition) is 5. The molecule has 0 radical (unpaired) electrons. The average molecular weight is 2000 g/mol. The first-order valence-corrected chi connectivity index (χ1v) is 52.9. The van der Waals surface area contributed by atoms with Gasteiger partial charge in [-0.25, -0.2) is 9.97 Å². The van der Waals surface area contributed by atoms with Crippen molar-refractivity contribution in [2.75, 3.05) is 25.0 Å². The molecule has 12 aromatic rings. The molecule has 7 aromatic heterocycles. The molecule has 2 amide bonds. The number of likely N-dealkylation sites (tertiary alicyclic amines) is 1. The van der Waals surface area contributed by atoms with Crippen molar-refractivity contribution in [3.05, 3.63) is 333 Å². The zero-order valence-electron chi connectivity index (χ0n) is 97.9. The van der Waals surface area contributed by atoms with Gasteiger partial charge in [0, 0.05) is 111 Å². The summed E-state index contributed by atoms with van der Waals surface area (Å²) in [6, 6.07) is 59.9. The summed E-state index contributed by atoms with van der Waals surface area (Å²) in [6.45, 7) is 94.1. The fourth-order valence-corrected chi connectivity index (χ4v) is 15.3. The molecule has 11 heterocycles. The summed E-state index contributed by atoms with van der Waals surface area (Å²) in [5.74, 6) is 2.61. The molecule has 1 saturated heterocycles. The smallest absolute Gasteiger partial charge is 0.228 e. The van der Waals surface area contributed by atoms with Crippen LogP contribution in [0, 0.1) is 16.2 Å². The number of nitrogens with one attached hydrogen (secondary N) is 4. The van der Waals surface area contributed by atoms with Crippen LogP contribution in [0.25, 0.3) is 16.5 Å². The number of aromatic nitrogens is 10. The highest BCUT2D eigenvalue weighted by molar-refractivity contribution is 7.08. The number of phenols is 1. The summed E-state index contributed by atoms with van der Waals surface area (Å²) < 4.78 is 0. The van der Waals surface area contributed by atoms with Crippen LogP contribution in [0.1, 0.15) is 377 Å². The van der Waals surface area contributed by atoms with E-state index in [9.17, 15) is 9.59 Å². The lowest BCUT2D eigenvalue weighted by atomic mass is 9.83. The third-order valence-electron chi connectivity index (χ3n) is 23.9. The van der Waals surface area contributed by atoms with Gasteiger partial charge in [-0.2, -0.15) is 21.5 Å². The zero-order chi connectivity index (χ0) is 111. The Bertz CT molecular complexity index is 5550. The number of thiophene rings is 1. The number of phenolic OH excluding ortho intramolecular Hbond substituents is 1. The van der Waals surface area contributed by atoms with Gasteiger partial charge in [0.1, 0.15) is 30.1 Å². The lowest BCUT2D eigenvalue weighted by Crippen LogP contribution is -2.41. The van der Waals surface area contributed by atoms with Gasteiger partial charge >= 0.3 is 0 Å². The molecule has 0 spiro atoms. The monoisotopic (exact) mass is 2000 g/mol. The minimum atomic E-state index is 0.0353. The van der Waals surface area contributed by atoms with Crippen molar-refractivity contribution in [1.82, 2.24) is 55.2 Å². The van der Waals surface area contributed by atoms with Gasteiger partial charge in [0.2, 0.25) is 11.8 Å². The molecule has 5 aromatic carbocycles. The number of aliphatic imine (C=N–C) groups is 2. The number of amides is 2. The van der Waals surface area contributed by atoms with E-state index in [2.05, 4.69) is 519 Å². The van der Waals surface area contributed by atoms with Crippen LogP contribution in [-0.2, 0) is 76.6 Å². The van der Waals surface area contributed by atoms with Crippen molar-refractivity contribution in [3.63, 3.8) is 0 Å². The van der Waals surface area contributed by atoms with Gasteiger partial charge in [-0.1, -0.05) is 397 Å². The normalized spacial score (nSPS) is 13.8. The zero-order valence-corrected chi connectivity index (χ0v) is 98.7. The summed E-state index contributed by atoms with van der Waals surface area (Å²) in [4.78, 5) is 56.4. The minimum absolute atomic E-state index is 0.0353. The van der Waals surface area contributed by atoms with Crippen molar-refractivity contribution < 1.29 is 14.7 Å². The van der Waals surface area contributed by atoms with Crippen LogP contribution in [0.4, 0.5) is 5.69 Å². The van der Waals surface area contributed by atoms with Crippen molar-refractivity contribution in [2.24, 2.45) is 26.2 Å². The summed E-state index contributed by atoms with van der Waals surface area (Å²) in [5, 5.41) is 30.7. The molecule has 1 fully saturated rings. The van der Waals surface area contributed by atoms with Gasteiger partial charge in [-0.15, -0.1) is 0 Å². The van der Waals surface area contributed by atoms with Gasteiger partial charge < -0.3 is 20.3 Å². The number of rotatable bonds is 0. The fourth-order valence-electron chi connectivity index (χ4n) is 14.4. The van der Waals surface area contributed by atoms with Crippen LogP contribution in [0.5, 0.6) is 5.75 Å². The van der Waals surface area contributed by atoms with Crippen LogP contribution in [0.15, 0.2) is 270 Å². The van der Waals surface area contributed by atoms with Crippen LogP contribution < -0.4 is 5.32 Å². The molecule has 4 aliphatic heterocycles. The van der Waals surface area contributed by atoms with E-state index in [1.165, 1.54) is 90.6 Å². The Morgan fingerprint density at radius 1 is 0.404 bits per heavy atom. The van der Waals surface area contributed by atoms with E-state index in [0.717, 1.165) is 67.5 Å². The molecular weight excluding hydrogens is 1810 g/mol. The highest BCUT2D eigenvalue weighted by atomic mass is 32.1. The third kappa shape index (κ3) is 47.5. The van der Waals surface area contributed by atoms with Crippen molar-refractivity contribution >= 4 is 57.2 Å². The molecule has 0 bridgehead atoms. The number of pyridine rings is 3. The lowest BCUT2D eigenvalue weighted by molar-refractivity contribution is -0.131. The number of aromatic hydroxyl groups is 1. The summed E-state index contributed by atoms with van der Waals surface area (Å²) in [5.41, 5.74) is 23.6. The van der Waals surface area contributed by atoms with E-state index in [4.69, 9.17) is 5.11 Å². The summed E-state index contributed by atoms with van der Waals surface area (Å²) in [6.07, 6.45) is 26.4. The first-order chi connectivity index (χ1) is 67.1. The Labute approximate surface area is 887 Å². The maximum Gasteiger partial charge on any atom is 0.228 e. The predicted molar refractivity (Wildman–Crippen MR) is 628 cm³/mol. The fraction of sp³-hybridized carbons (Fsp3) is 0.492. The number of carbonyl (C=O) groups is 2. The maximum atomic E-state index is 11.1. The summed E-state index contributed by atoms with van der Waals surface area (Å²) in [7, 11) is 0. The van der Waals surface area contributed by atoms with Crippen molar-refractivity contribution in [3.8, 4) is 5.75 Å². The average Bonchev–Trinajstić information content (AvgIpc) is 1.64. The molecule has 0 unspecified atom stereocenters.